The summed E-state index contributed by atoms with van der Waals surface area (Å²) in [4.78, 5) is 15.0. The van der Waals surface area contributed by atoms with Crippen LogP contribution in [0.15, 0.2) is 59.7 Å². The van der Waals surface area contributed by atoms with E-state index in [-0.39, 0.29) is 5.91 Å². The molecule has 1 aromatic heterocycles. The zero-order valence-electron chi connectivity index (χ0n) is 9.71. The van der Waals surface area contributed by atoms with Crippen molar-refractivity contribution in [3.8, 4) is 0 Å². The van der Waals surface area contributed by atoms with Crippen molar-refractivity contribution in [3.05, 3.63) is 65.8 Å². The number of pyridine rings is 1. The van der Waals surface area contributed by atoms with E-state index in [1.54, 1.807) is 0 Å². The lowest BCUT2D eigenvalue weighted by molar-refractivity contribution is -0.116. The molecule has 86 valence electrons. The Bertz CT molecular complexity index is 570. The Morgan fingerprint density at radius 1 is 1.12 bits per heavy atom. The van der Waals surface area contributed by atoms with Crippen LogP contribution in [0.25, 0.3) is 0 Å². The van der Waals surface area contributed by atoms with Crippen LogP contribution in [0.3, 0.4) is 0 Å². The lowest BCUT2D eigenvalue weighted by Crippen LogP contribution is -2.21. The van der Waals surface area contributed by atoms with E-state index in [9.17, 15) is 4.79 Å². The van der Waals surface area contributed by atoms with Crippen LogP contribution in [0.2, 0.25) is 0 Å². The van der Waals surface area contributed by atoms with Gasteiger partial charge in [0.15, 0.2) is 0 Å². The van der Waals surface area contributed by atoms with Crippen LogP contribution >= 0.6 is 0 Å². The molecule has 0 aliphatic carbocycles. The van der Waals surface area contributed by atoms with Gasteiger partial charge in [-0.1, -0.05) is 36.4 Å². The molecule has 1 aromatic carbocycles. The molecular weight excluding hydrogens is 212 g/mol. The fourth-order valence-corrected chi connectivity index (χ4v) is 1.64. The van der Waals surface area contributed by atoms with Crippen molar-refractivity contribution < 1.29 is 4.79 Å². The van der Waals surface area contributed by atoms with Gasteiger partial charge in [-0.15, -0.1) is 0 Å². The van der Waals surface area contributed by atoms with Crippen molar-refractivity contribution in [1.82, 2.24) is 4.57 Å². The van der Waals surface area contributed by atoms with Gasteiger partial charge in [-0.2, -0.15) is 4.99 Å². The normalized spacial score (nSPS) is 11.5. The molecule has 0 aliphatic heterocycles. The maximum Gasteiger partial charge on any atom is 0.244 e. The molecule has 0 unspecified atom stereocenters. The van der Waals surface area contributed by atoms with E-state index in [0.29, 0.717) is 12.0 Å². The number of nitrogens with zero attached hydrogens (tertiary/aromatic N) is 2. The average molecular weight is 226 g/mol. The van der Waals surface area contributed by atoms with Crippen LogP contribution in [0, 0.1) is 0 Å². The molecule has 0 bridgehead atoms. The van der Waals surface area contributed by atoms with Gasteiger partial charge in [-0.05, 0) is 17.7 Å². The molecule has 0 atom stereocenters. The second kappa shape index (κ2) is 5.25. The molecule has 17 heavy (non-hydrogen) atoms. The Morgan fingerprint density at radius 2 is 1.82 bits per heavy atom. The molecule has 1 amide bonds. The highest BCUT2D eigenvalue weighted by Crippen LogP contribution is 2.00. The highest BCUT2D eigenvalue weighted by molar-refractivity contribution is 5.73. The lowest BCUT2D eigenvalue weighted by Gasteiger charge is -2.06. The number of amides is 1. The van der Waals surface area contributed by atoms with Crippen molar-refractivity contribution in [3.63, 3.8) is 0 Å². The molecule has 2 rings (SSSR count). The van der Waals surface area contributed by atoms with E-state index in [2.05, 4.69) is 17.1 Å². The maximum absolute atomic E-state index is 11.0. The number of carbonyl (C=O) groups excluding carboxylic acids is 1. The third-order valence-electron chi connectivity index (χ3n) is 2.38. The molecule has 2 aromatic rings. The first-order chi connectivity index (χ1) is 8.25. The van der Waals surface area contributed by atoms with E-state index < -0.39 is 0 Å². The van der Waals surface area contributed by atoms with Gasteiger partial charge in [0.1, 0.15) is 5.49 Å². The first-order valence-corrected chi connectivity index (χ1v) is 5.50. The Kier molecular flexibility index (Phi) is 3.50. The largest absolute Gasteiger partial charge is 0.329 e. The second-order valence-electron chi connectivity index (χ2n) is 3.80. The van der Waals surface area contributed by atoms with Gasteiger partial charge in [0.2, 0.25) is 5.91 Å². The highest BCUT2D eigenvalue weighted by atomic mass is 16.1. The second-order valence-corrected chi connectivity index (χ2v) is 3.80. The van der Waals surface area contributed by atoms with Gasteiger partial charge < -0.3 is 4.57 Å². The van der Waals surface area contributed by atoms with E-state index >= 15 is 0 Å². The Hall–Kier alpha value is -2.16. The van der Waals surface area contributed by atoms with E-state index in [0.717, 1.165) is 0 Å². The zero-order valence-corrected chi connectivity index (χ0v) is 9.71. The number of aromatic nitrogens is 1. The van der Waals surface area contributed by atoms with Crippen LogP contribution < -0.4 is 5.49 Å². The predicted molar refractivity (Wildman–Crippen MR) is 66.2 cm³/mol. The van der Waals surface area contributed by atoms with Crippen LogP contribution in [0.4, 0.5) is 0 Å². The molecule has 1 heterocycles. The lowest BCUT2D eigenvalue weighted by atomic mass is 10.2. The van der Waals surface area contributed by atoms with Crippen molar-refractivity contribution in [2.45, 2.75) is 13.5 Å². The molecular formula is C14H14N2O. The smallest absolute Gasteiger partial charge is 0.244 e. The van der Waals surface area contributed by atoms with Gasteiger partial charge in [0, 0.05) is 19.7 Å². The summed E-state index contributed by atoms with van der Waals surface area (Å²) in [6, 6.07) is 15.7. The topological polar surface area (TPSA) is 34.4 Å². The SMILES string of the molecule is CC(=O)N=c1ccccn1Cc1ccccc1. The summed E-state index contributed by atoms with van der Waals surface area (Å²) < 4.78 is 1.96. The van der Waals surface area contributed by atoms with Crippen LogP contribution in [0.1, 0.15) is 12.5 Å². The average Bonchev–Trinajstić information content (AvgIpc) is 2.32. The van der Waals surface area contributed by atoms with Crippen molar-refractivity contribution >= 4 is 5.91 Å². The molecule has 3 heteroatoms. The Morgan fingerprint density at radius 3 is 2.53 bits per heavy atom. The van der Waals surface area contributed by atoms with Gasteiger partial charge in [-0.25, -0.2) is 0 Å². The van der Waals surface area contributed by atoms with Crippen molar-refractivity contribution in [2.24, 2.45) is 4.99 Å². The number of hydrogen-bond donors (Lipinski definition) is 0. The standard InChI is InChI=1S/C14H14N2O/c1-12(17)15-14-9-5-6-10-16(14)11-13-7-3-2-4-8-13/h2-10H,11H2,1H3. The Labute approximate surface area is 100 Å². The minimum Gasteiger partial charge on any atom is -0.329 e. The van der Waals surface area contributed by atoms with Crippen LogP contribution in [-0.4, -0.2) is 10.5 Å². The first-order valence-electron chi connectivity index (χ1n) is 5.50. The molecule has 0 saturated heterocycles. The molecule has 0 N–H and O–H groups in total. The van der Waals surface area contributed by atoms with Crippen LogP contribution in [-0.2, 0) is 11.3 Å². The summed E-state index contributed by atoms with van der Waals surface area (Å²) in [7, 11) is 0. The quantitative estimate of drug-likeness (QED) is 0.771. The van der Waals surface area contributed by atoms with Gasteiger partial charge in [-0.3, -0.25) is 4.79 Å². The van der Waals surface area contributed by atoms with E-state index in [1.807, 2.05) is 47.2 Å². The van der Waals surface area contributed by atoms with Gasteiger partial charge >= 0.3 is 0 Å². The summed E-state index contributed by atoms with van der Waals surface area (Å²) >= 11 is 0. The molecule has 0 saturated carbocycles. The molecule has 0 fully saturated rings. The maximum atomic E-state index is 11.0. The summed E-state index contributed by atoms with van der Waals surface area (Å²) in [5.41, 5.74) is 1.87. The predicted octanol–water partition coefficient (Wildman–Crippen LogP) is 1.98. The van der Waals surface area contributed by atoms with E-state index in [4.69, 9.17) is 0 Å². The molecule has 0 aliphatic rings. The first kappa shape index (κ1) is 11.3. The summed E-state index contributed by atoms with van der Waals surface area (Å²) in [6.07, 6.45) is 1.93. The monoisotopic (exact) mass is 226 g/mol. The van der Waals surface area contributed by atoms with Gasteiger partial charge in [0.05, 0.1) is 0 Å². The molecule has 3 nitrogen and oxygen atoms in total. The third-order valence-corrected chi connectivity index (χ3v) is 2.38. The number of benzene rings is 1. The molecule has 0 spiro atoms. The number of rotatable bonds is 2. The van der Waals surface area contributed by atoms with Gasteiger partial charge in [0.25, 0.3) is 0 Å². The number of hydrogen-bond acceptors (Lipinski definition) is 1. The zero-order chi connectivity index (χ0) is 12.1. The van der Waals surface area contributed by atoms with Crippen molar-refractivity contribution in [2.75, 3.05) is 0 Å². The van der Waals surface area contributed by atoms with Crippen LogP contribution in [0.5, 0.6) is 0 Å². The minimum atomic E-state index is -0.182. The summed E-state index contributed by atoms with van der Waals surface area (Å²) in [5, 5.41) is 0. The Balaban J connectivity index is 2.37. The fourth-order valence-electron chi connectivity index (χ4n) is 1.64. The summed E-state index contributed by atoms with van der Waals surface area (Å²) in [5.74, 6) is -0.182. The van der Waals surface area contributed by atoms with Crippen molar-refractivity contribution in [1.29, 1.82) is 0 Å². The number of carbonyl (C=O) groups is 1. The fraction of sp³-hybridized carbons (Fsp3) is 0.143. The third kappa shape index (κ3) is 3.14. The summed E-state index contributed by atoms with van der Waals surface area (Å²) in [6.45, 7) is 2.17. The van der Waals surface area contributed by atoms with E-state index in [1.165, 1.54) is 12.5 Å². The molecule has 0 radical (unpaired) electrons. The minimum absolute atomic E-state index is 0.182. The highest BCUT2D eigenvalue weighted by Gasteiger charge is 1.96.